The maximum Gasteiger partial charge on any atom is 0.0759 e. The van der Waals surface area contributed by atoms with Crippen molar-refractivity contribution in [2.45, 2.75) is 53.1 Å². The van der Waals surface area contributed by atoms with Crippen molar-refractivity contribution in [3.8, 4) is 0 Å². The van der Waals surface area contributed by atoms with Gasteiger partial charge in [0, 0.05) is 6.54 Å². The van der Waals surface area contributed by atoms with Crippen molar-refractivity contribution in [2.24, 2.45) is 5.92 Å². The molecule has 0 saturated heterocycles. The first-order valence-corrected chi connectivity index (χ1v) is 6.36. The molecule has 0 amide bonds. The highest BCUT2D eigenvalue weighted by Crippen LogP contribution is 2.23. The summed E-state index contributed by atoms with van der Waals surface area (Å²) in [6.07, 6.45) is 4.15. The maximum absolute atomic E-state index is 4.15. The molecule has 2 unspecified atom stereocenters. The molecule has 0 aromatic carbocycles. The number of nitrogens with zero attached hydrogens (tertiary/aromatic N) is 3. The van der Waals surface area contributed by atoms with Crippen molar-refractivity contribution in [1.29, 1.82) is 0 Å². The maximum atomic E-state index is 4.15. The van der Waals surface area contributed by atoms with Gasteiger partial charge in [-0.2, -0.15) is 0 Å². The zero-order valence-corrected chi connectivity index (χ0v) is 10.9. The fourth-order valence-electron chi connectivity index (χ4n) is 1.94. The molecule has 1 rings (SSSR count). The van der Waals surface area contributed by atoms with Crippen LogP contribution in [0.25, 0.3) is 0 Å². The van der Waals surface area contributed by atoms with E-state index in [0.29, 0.717) is 12.0 Å². The molecule has 0 spiro atoms. The van der Waals surface area contributed by atoms with E-state index in [0.717, 1.165) is 25.9 Å². The van der Waals surface area contributed by atoms with Crippen molar-refractivity contribution in [2.75, 3.05) is 6.54 Å². The van der Waals surface area contributed by atoms with Gasteiger partial charge >= 0.3 is 0 Å². The Labute approximate surface area is 98.4 Å². The third-order valence-electron chi connectivity index (χ3n) is 3.04. The lowest BCUT2D eigenvalue weighted by molar-refractivity contribution is 0.357. The first kappa shape index (κ1) is 13.2. The van der Waals surface area contributed by atoms with E-state index in [-0.39, 0.29) is 0 Å². The normalized spacial score (nSPS) is 15.0. The van der Waals surface area contributed by atoms with Gasteiger partial charge in [0.05, 0.1) is 17.9 Å². The molecule has 0 radical (unpaired) electrons. The minimum absolute atomic E-state index is 0.372. The Kier molecular flexibility index (Phi) is 5.46. The van der Waals surface area contributed by atoms with Crippen molar-refractivity contribution in [3.05, 3.63) is 11.9 Å². The molecule has 92 valence electrons. The number of aromatic nitrogens is 3. The minimum Gasteiger partial charge on any atom is -0.309 e. The molecule has 4 heteroatoms. The SMILES string of the molecule is CCCn1nncc1C(NCC)C(C)CC. The lowest BCUT2D eigenvalue weighted by atomic mass is 9.96. The molecule has 1 aromatic heterocycles. The smallest absolute Gasteiger partial charge is 0.0759 e. The third-order valence-corrected chi connectivity index (χ3v) is 3.04. The Morgan fingerprint density at radius 3 is 2.69 bits per heavy atom. The van der Waals surface area contributed by atoms with E-state index in [2.05, 4.69) is 43.3 Å². The summed E-state index contributed by atoms with van der Waals surface area (Å²) >= 11 is 0. The Bertz CT molecular complexity index is 295. The molecule has 4 nitrogen and oxygen atoms in total. The number of hydrogen-bond acceptors (Lipinski definition) is 3. The average Bonchev–Trinajstić information content (AvgIpc) is 2.73. The van der Waals surface area contributed by atoms with Gasteiger partial charge in [0.25, 0.3) is 0 Å². The van der Waals surface area contributed by atoms with Crippen LogP contribution in [0.15, 0.2) is 6.20 Å². The minimum atomic E-state index is 0.372. The second-order valence-electron chi connectivity index (χ2n) is 4.30. The molecular formula is C12H24N4. The quantitative estimate of drug-likeness (QED) is 0.773. The van der Waals surface area contributed by atoms with Crippen molar-refractivity contribution >= 4 is 0 Å². The van der Waals surface area contributed by atoms with Gasteiger partial charge < -0.3 is 5.32 Å². The topological polar surface area (TPSA) is 42.7 Å². The molecule has 16 heavy (non-hydrogen) atoms. The Balaban J connectivity index is 2.86. The summed E-state index contributed by atoms with van der Waals surface area (Å²) in [6.45, 7) is 10.7. The van der Waals surface area contributed by atoms with Crippen LogP contribution < -0.4 is 5.32 Å². The zero-order valence-electron chi connectivity index (χ0n) is 10.9. The predicted molar refractivity (Wildman–Crippen MR) is 66.2 cm³/mol. The van der Waals surface area contributed by atoms with Gasteiger partial charge in [0.2, 0.25) is 0 Å². The number of nitrogens with one attached hydrogen (secondary N) is 1. The van der Waals surface area contributed by atoms with Crippen LogP contribution in [0.1, 0.15) is 52.3 Å². The summed E-state index contributed by atoms with van der Waals surface area (Å²) < 4.78 is 2.03. The van der Waals surface area contributed by atoms with E-state index < -0.39 is 0 Å². The van der Waals surface area contributed by atoms with Crippen LogP contribution in [0.5, 0.6) is 0 Å². The molecule has 0 fully saturated rings. The largest absolute Gasteiger partial charge is 0.309 e. The molecule has 0 aliphatic heterocycles. The van der Waals surface area contributed by atoms with E-state index in [1.807, 2.05) is 10.9 Å². The Hall–Kier alpha value is -0.900. The number of aryl methyl sites for hydroxylation is 1. The standard InChI is InChI=1S/C12H24N4/c1-5-8-16-11(9-14-15-16)12(13-7-3)10(4)6-2/h9-10,12-13H,5-8H2,1-4H3. The molecule has 1 N–H and O–H groups in total. The van der Waals surface area contributed by atoms with E-state index in [9.17, 15) is 0 Å². The van der Waals surface area contributed by atoms with E-state index in [4.69, 9.17) is 0 Å². The van der Waals surface area contributed by atoms with Crippen molar-refractivity contribution in [3.63, 3.8) is 0 Å². The van der Waals surface area contributed by atoms with Gasteiger partial charge in [-0.3, -0.25) is 0 Å². The average molecular weight is 224 g/mol. The predicted octanol–water partition coefficient (Wildman–Crippen LogP) is 2.38. The zero-order chi connectivity index (χ0) is 12.0. The van der Waals surface area contributed by atoms with Gasteiger partial charge in [-0.1, -0.05) is 39.3 Å². The lowest BCUT2D eigenvalue weighted by Crippen LogP contribution is -2.29. The van der Waals surface area contributed by atoms with E-state index >= 15 is 0 Å². The molecule has 1 aromatic rings. The highest BCUT2D eigenvalue weighted by atomic mass is 15.4. The summed E-state index contributed by atoms with van der Waals surface area (Å²) in [5, 5.41) is 11.7. The molecule has 2 atom stereocenters. The molecule has 0 aliphatic carbocycles. The monoisotopic (exact) mass is 224 g/mol. The Morgan fingerprint density at radius 1 is 1.38 bits per heavy atom. The van der Waals surface area contributed by atoms with E-state index in [1.54, 1.807) is 0 Å². The van der Waals surface area contributed by atoms with Crippen LogP contribution in [0, 0.1) is 5.92 Å². The molecule has 0 saturated carbocycles. The van der Waals surface area contributed by atoms with Gasteiger partial charge in [-0.25, -0.2) is 4.68 Å². The number of hydrogen-bond donors (Lipinski definition) is 1. The molecule has 1 heterocycles. The molecular weight excluding hydrogens is 200 g/mol. The van der Waals surface area contributed by atoms with Crippen LogP contribution in [-0.2, 0) is 6.54 Å². The highest BCUT2D eigenvalue weighted by Gasteiger charge is 2.20. The first-order chi connectivity index (χ1) is 7.74. The second-order valence-corrected chi connectivity index (χ2v) is 4.30. The summed E-state index contributed by atoms with van der Waals surface area (Å²) in [6, 6.07) is 0.372. The highest BCUT2D eigenvalue weighted by molar-refractivity contribution is 5.03. The summed E-state index contributed by atoms with van der Waals surface area (Å²) in [5.41, 5.74) is 1.22. The molecule has 0 bridgehead atoms. The fraction of sp³-hybridized carbons (Fsp3) is 0.833. The van der Waals surface area contributed by atoms with Gasteiger partial charge in [0.15, 0.2) is 0 Å². The van der Waals surface area contributed by atoms with Crippen LogP contribution in [0.4, 0.5) is 0 Å². The summed E-state index contributed by atoms with van der Waals surface area (Å²) in [7, 11) is 0. The van der Waals surface area contributed by atoms with Gasteiger partial charge in [-0.05, 0) is 18.9 Å². The fourth-order valence-corrected chi connectivity index (χ4v) is 1.94. The van der Waals surface area contributed by atoms with Gasteiger partial charge in [0.1, 0.15) is 0 Å². The number of rotatable bonds is 7. The second kappa shape index (κ2) is 6.63. The van der Waals surface area contributed by atoms with Crippen LogP contribution in [-0.4, -0.2) is 21.5 Å². The van der Waals surface area contributed by atoms with Crippen LogP contribution >= 0.6 is 0 Å². The van der Waals surface area contributed by atoms with Crippen molar-refractivity contribution in [1.82, 2.24) is 20.3 Å². The van der Waals surface area contributed by atoms with E-state index in [1.165, 1.54) is 5.69 Å². The van der Waals surface area contributed by atoms with Crippen LogP contribution in [0.3, 0.4) is 0 Å². The molecule has 0 aliphatic rings. The lowest BCUT2D eigenvalue weighted by Gasteiger charge is -2.24. The van der Waals surface area contributed by atoms with Gasteiger partial charge in [-0.15, -0.1) is 5.10 Å². The third kappa shape index (κ3) is 3.04. The Morgan fingerprint density at radius 2 is 2.12 bits per heavy atom. The van der Waals surface area contributed by atoms with Crippen LogP contribution in [0.2, 0.25) is 0 Å². The first-order valence-electron chi connectivity index (χ1n) is 6.36. The van der Waals surface area contributed by atoms with Crippen molar-refractivity contribution < 1.29 is 0 Å². The summed E-state index contributed by atoms with van der Waals surface area (Å²) in [4.78, 5) is 0. The summed E-state index contributed by atoms with van der Waals surface area (Å²) in [5.74, 6) is 0.606.